The number of nitrogens with zero attached hydrogens (tertiary/aromatic N) is 2. The van der Waals surface area contributed by atoms with Gasteiger partial charge < -0.3 is 5.32 Å². The molecule has 1 heterocycles. The van der Waals surface area contributed by atoms with Crippen LogP contribution in [0.15, 0.2) is 6.33 Å². The molecule has 76 valence electrons. The Bertz CT molecular complexity index is 308. The topological polar surface area (TPSA) is 99.8 Å². The van der Waals surface area contributed by atoms with E-state index in [2.05, 4.69) is 25.8 Å². The maximum atomic E-state index is 11.1. The number of aromatic amines is 1. The van der Waals surface area contributed by atoms with Crippen LogP contribution in [0.2, 0.25) is 0 Å². The second kappa shape index (κ2) is 4.95. The highest BCUT2D eigenvalue weighted by Gasteiger charge is 2.02. The van der Waals surface area contributed by atoms with Crippen molar-refractivity contribution in [3.05, 3.63) is 6.33 Å². The molecule has 0 fully saturated rings. The van der Waals surface area contributed by atoms with Crippen molar-refractivity contribution in [2.75, 3.05) is 11.9 Å². The molecule has 0 saturated carbocycles. The van der Waals surface area contributed by atoms with Crippen molar-refractivity contribution in [2.24, 2.45) is 0 Å². The fourth-order valence-electron chi connectivity index (χ4n) is 0.770. The molecule has 0 atom stereocenters. The molecule has 3 N–H and O–H groups in total. The predicted octanol–water partition coefficient (Wildman–Crippen LogP) is -0.0947. The summed E-state index contributed by atoms with van der Waals surface area (Å²) < 4.78 is 0. The van der Waals surface area contributed by atoms with Gasteiger partial charge in [-0.1, -0.05) is 0 Å². The molecule has 1 rings (SSSR count). The first-order chi connectivity index (χ1) is 6.68. The lowest BCUT2D eigenvalue weighted by Crippen LogP contribution is -2.30. The summed E-state index contributed by atoms with van der Waals surface area (Å²) in [5.41, 5.74) is 0. The normalized spacial score (nSPS) is 9.50. The number of Topliss-reactive ketones (excluding diaryl/α,β-unsaturated/α-hetero) is 1. The first kappa shape index (κ1) is 10.2. The lowest BCUT2D eigenvalue weighted by Gasteiger charge is -2.02. The number of nitrogens with one attached hydrogen (secondary N) is 3. The molecule has 7 heteroatoms. The van der Waals surface area contributed by atoms with Crippen molar-refractivity contribution in [1.29, 1.82) is 0 Å². The van der Waals surface area contributed by atoms with E-state index in [1.54, 1.807) is 0 Å². The van der Waals surface area contributed by atoms with Crippen LogP contribution in [0.5, 0.6) is 0 Å². The Morgan fingerprint density at radius 3 is 2.93 bits per heavy atom. The molecule has 0 unspecified atom stereocenters. The third kappa shape index (κ3) is 3.65. The number of H-pyrrole nitrogens is 1. The number of carbonyl (C=O) groups excluding carboxylic acids is 2. The first-order valence-corrected chi connectivity index (χ1v) is 4.08. The number of anilines is 1. The number of ketones is 1. The smallest absolute Gasteiger partial charge is 0.321 e. The Kier molecular flexibility index (Phi) is 3.59. The minimum absolute atomic E-state index is 0.0324. The zero-order valence-corrected chi connectivity index (χ0v) is 7.70. The summed E-state index contributed by atoms with van der Waals surface area (Å²) in [7, 11) is 0. The maximum absolute atomic E-state index is 11.1. The lowest BCUT2D eigenvalue weighted by molar-refractivity contribution is -0.116. The molecule has 14 heavy (non-hydrogen) atoms. The van der Waals surface area contributed by atoms with Crippen molar-refractivity contribution in [1.82, 2.24) is 20.5 Å². The summed E-state index contributed by atoms with van der Waals surface area (Å²) in [6.07, 6.45) is 1.61. The molecule has 2 amide bonds. The second-order valence-electron chi connectivity index (χ2n) is 2.67. The van der Waals surface area contributed by atoms with Crippen LogP contribution in [0.4, 0.5) is 10.7 Å². The summed E-state index contributed by atoms with van der Waals surface area (Å²) in [4.78, 5) is 25.3. The van der Waals surface area contributed by atoms with Gasteiger partial charge >= 0.3 is 6.03 Å². The Balaban J connectivity index is 2.20. The molecular weight excluding hydrogens is 186 g/mol. The van der Waals surface area contributed by atoms with Crippen molar-refractivity contribution in [2.45, 2.75) is 13.3 Å². The summed E-state index contributed by atoms with van der Waals surface area (Å²) >= 11 is 0. The summed E-state index contributed by atoms with van der Waals surface area (Å²) in [5.74, 6) is 0.301. The van der Waals surface area contributed by atoms with Gasteiger partial charge in [0.2, 0.25) is 5.95 Å². The molecule has 0 bridgehead atoms. The average molecular weight is 197 g/mol. The van der Waals surface area contributed by atoms with Crippen LogP contribution in [0, 0.1) is 0 Å². The highest BCUT2D eigenvalue weighted by atomic mass is 16.2. The Morgan fingerprint density at radius 2 is 2.36 bits per heavy atom. The number of amides is 2. The van der Waals surface area contributed by atoms with Gasteiger partial charge in [0.05, 0.1) is 0 Å². The number of urea groups is 1. The van der Waals surface area contributed by atoms with Crippen LogP contribution < -0.4 is 10.6 Å². The van der Waals surface area contributed by atoms with Gasteiger partial charge in [-0.05, 0) is 6.92 Å². The second-order valence-corrected chi connectivity index (χ2v) is 2.67. The van der Waals surface area contributed by atoms with Crippen molar-refractivity contribution in [3.8, 4) is 0 Å². The zero-order valence-electron chi connectivity index (χ0n) is 7.70. The number of aromatic nitrogens is 3. The van der Waals surface area contributed by atoms with Gasteiger partial charge in [-0.15, -0.1) is 0 Å². The quantitative estimate of drug-likeness (QED) is 0.627. The van der Waals surface area contributed by atoms with Gasteiger partial charge in [0.1, 0.15) is 12.1 Å². The van der Waals surface area contributed by atoms with E-state index in [9.17, 15) is 9.59 Å². The standard InChI is InChI=1S/C7H11N5O2/c1-5(13)2-3-8-7(14)11-6-9-4-10-12-6/h4H,2-3H2,1H3,(H3,8,9,10,11,12,14). The molecule has 1 aromatic rings. The molecule has 0 radical (unpaired) electrons. The van der Waals surface area contributed by atoms with Crippen LogP contribution in [-0.2, 0) is 4.79 Å². The van der Waals surface area contributed by atoms with Gasteiger partial charge in [0.25, 0.3) is 0 Å². The van der Waals surface area contributed by atoms with Gasteiger partial charge in [-0.3, -0.25) is 10.1 Å². The lowest BCUT2D eigenvalue weighted by atomic mass is 10.3. The number of hydrogen-bond acceptors (Lipinski definition) is 4. The molecule has 0 aromatic carbocycles. The maximum Gasteiger partial charge on any atom is 0.321 e. The van der Waals surface area contributed by atoms with E-state index >= 15 is 0 Å². The SMILES string of the molecule is CC(=O)CCNC(=O)Nc1ncn[nH]1. The molecule has 0 aliphatic carbocycles. The largest absolute Gasteiger partial charge is 0.337 e. The van der Waals surface area contributed by atoms with Crippen LogP contribution in [-0.4, -0.2) is 33.5 Å². The summed E-state index contributed by atoms with van der Waals surface area (Å²) in [6.45, 7) is 1.78. The monoisotopic (exact) mass is 197 g/mol. The van der Waals surface area contributed by atoms with Gasteiger partial charge in [-0.25, -0.2) is 9.89 Å². The number of rotatable bonds is 4. The van der Waals surface area contributed by atoms with E-state index in [4.69, 9.17) is 0 Å². The summed E-state index contributed by atoms with van der Waals surface area (Å²) in [5, 5.41) is 10.9. The molecular formula is C7H11N5O2. The fraction of sp³-hybridized carbons (Fsp3) is 0.429. The third-order valence-electron chi connectivity index (χ3n) is 1.41. The van der Waals surface area contributed by atoms with Gasteiger partial charge in [0, 0.05) is 13.0 Å². The van der Waals surface area contributed by atoms with Crippen molar-refractivity contribution >= 4 is 17.8 Å². The Hall–Kier alpha value is -1.92. The first-order valence-electron chi connectivity index (χ1n) is 4.08. The molecule has 7 nitrogen and oxygen atoms in total. The van der Waals surface area contributed by atoms with Crippen LogP contribution in [0.25, 0.3) is 0 Å². The Morgan fingerprint density at radius 1 is 1.57 bits per heavy atom. The predicted molar refractivity (Wildman–Crippen MR) is 48.7 cm³/mol. The van der Waals surface area contributed by atoms with E-state index in [0.29, 0.717) is 13.0 Å². The van der Waals surface area contributed by atoms with Crippen LogP contribution in [0.1, 0.15) is 13.3 Å². The number of hydrogen-bond donors (Lipinski definition) is 3. The van der Waals surface area contributed by atoms with E-state index in [1.807, 2.05) is 0 Å². The average Bonchev–Trinajstić information content (AvgIpc) is 2.56. The minimum atomic E-state index is -0.414. The van der Waals surface area contributed by atoms with E-state index in [0.717, 1.165) is 0 Å². The van der Waals surface area contributed by atoms with Crippen LogP contribution in [0.3, 0.4) is 0 Å². The molecule has 1 aromatic heterocycles. The highest BCUT2D eigenvalue weighted by molar-refractivity contribution is 5.87. The van der Waals surface area contributed by atoms with Crippen molar-refractivity contribution < 1.29 is 9.59 Å². The van der Waals surface area contributed by atoms with Crippen molar-refractivity contribution in [3.63, 3.8) is 0 Å². The van der Waals surface area contributed by atoms with E-state index in [1.165, 1.54) is 13.3 Å². The Labute approximate surface area is 80.3 Å². The highest BCUT2D eigenvalue weighted by Crippen LogP contribution is 1.90. The third-order valence-corrected chi connectivity index (χ3v) is 1.41. The molecule has 0 aliphatic rings. The molecule has 0 saturated heterocycles. The van der Waals surface area contributed by atoms with Gasteiger partial charge in [0.15, 0.2) is 0 Å². The number of carbonyl (C=O) groups is 2. The zero-order chi connectivity index (χ0) is 10.4. The molecule has 0 aliphatic heterocycles. The van der Waals surface area contributed by atoms with Crippen LogP contribution >= 0.6 is 0 Å². The summed E-state index contributed by atoms with van der Waals surface area (Å²) in [6, 6.07) is -0.414. The minimum Gasteiger partial charge on any atom is -0.337 e. The molecule has 0 spiro atoms. The van der Waals surface area contributed by atoms with Gasteiger partial charge in [-0.2, -0.15) is 10.1 Å². The van der Waals surface area contributed by atoms with E-state index < -0.39 is 6.03 Å². The van der Waals surface area contributed by atoms with E-state index in [-0.39, 0.29) is 11.7 Å². The fourth-order valence-corrected chi connectivity index (χ4v) is 0.770.